The summed E-state index contributed by atoms with van der Waals surface area (Å²) < 4.78 is 0. The number of unbranched alkanes of at least 4 members (excludes halogenated alkanes) is 2. The standard InChI is InChI=1S/C25H37N7O/c1-5-7-10-25(3,17-33)31-23-22-21(29-24(26)30-23)13-18(15-28-22)20-9-11-27-14-19(20)16-32(4)12-8-6-2/h9,11,13-15,33H,5-8,10,12,16-17H2,1-4H3,(H3,26,29,30,31). The van der Waals surface area contributed by atoms with Gasteiger partial charge in [-0.2, -0.15) is 4.98 Å². The zero-order chi connectivity index (χ0) is 23.8. The average Bonchev–Trinajstić information content (AvgIpc) is 2.81. The van der Waals surface area contributed by atoms with Crippen molar-refractivity contribution < 1.29 is 5.11 Å². The molecule has 0 saturated carbocycles. The van der Waals surface area contributed by atoms with Crippen molar-refractivity contribution in [1.82, 2.24) is 24.8 Å². The maximum atomic E-state index is 10.00. The van der Waals surface area contributed by atoms with E-state index in [1.54, 1.807) is 6.20 Å². The summed E-state index contributed by atoms with van der Waals surface area (Å²) in [7, 11) is 2.13. The summed E-state index contributed by atoms with van der Waals surface area (Å²) >= 11 is 0. The molecule has 4 N–H and O–H groups in total. The Kier molecular flexibility index (Phi) is 8.52. The topological polar surface area (TPSA) is 113 Å². The van der Waals surface area contributed by atoms with Crippen LogP contribution in [-0.2, 0) is 6.54 Å². The fourth-order valence-electron chi connectivity index (χ4n) is 3.94. The molecule has 3 heterocycles. The Morgan fingerprint density at radius 1 is 1.15 bits per heavy atom. The number of nitrogens with zero attached hydrogens (tertiary/aromatic N) is 5. The summed E-state index contributed by atoms with van der Waals surface area (Å²) in [6.45, 7) is 8.16. The van der Waals surface area contributed by atoms with Crippen molar-refractivity contribution in [3.05, 3.63) is 36.3 Å². The van der Waals surface area contributed by atoms with Gasteiger partial charge in [0.1, 0.15) is 5.52 Å². The molecule has 8 nitrogen and oxygen atoms in total. The molecule has 0 radical (unpaired) electrons. The molecular weight excluding hydrogens is 414 g/mol. The summed E-state index contributed by atoms with van der Waals surface area (Å²) in [5.74, 6) is 0.722. The van der Waals surface area contributed by atoms with E-state index in [2.05, 4.69) is 46.1 Å². The summed E-state index contributed by atoms with van der Waals surface area (Å²) in [6.07, 6.45) is 10.8. The molecule has 0 aliphatic heterocycles. The number of anilines is 2. The third kappa shape index (κ3) is 6.36. The van der Waals surface area contributed by atoms with Crippen LogP contribution >= 0.6 is 0 Å². The van der Waals surface area contributed by atoms with E-state index < -0.39 is 5.54 Å². The van der Waals surface area contributed by atoms with Gasteiger partial charge >= 0.3 is 0 Å². The van der Waals surface area contributed by atoms with Crippen LogP contribution in [0.3, 0.4) is 0 Å². The van der Waals surface area contributed by atoms with Gasteiger partial charge in [0.25, 0.3) is 0 Å². The molecule has 3 rings (SSSR count). The maximum absolute atomic E-state index is 10.00. The van der Waals surface area contributed by atoms with Crippen LogP contribution in [0.4, 0.5) is 11.8 Å². The van der Waals surface area contributed by atoms with E-state index in [-0.39, 0.29) is 12.6 Å². The van der Waals surface area contributed by atoms with Crippen molar-refractivity contribution in [2.45, 2.75) is 65.0 Å². The maximum Gasteiger partial charge on any atom is 0.222 e. The monoisotopic (exact) mass is 451 g/mol. The van der Waals surface area contributed by atoms with Crippen molar-refractivity contribution in [1.29, 1.82) is 0 Å². The lowest BCUT2D eigenvalue weighted by atomic mass is 9.96. The van der Waals surface area contributed by atoms with Gasteiger partial charge in [0.15, 0.2) is 5.82 Å². The number of aromatic nitrogens is 4. The van der Waals surface area contributed by atoms with Crippen molar-refractivity contribution in [3.8, 4) is 11.1 Å². The van der Waals surface area contributed by atoms with Gasteiger partial charge in [-0.1, -0.05) is 33.1 Å². The minimum atomic E-state index is -0.509. The minimum Gasteiger partial charge on any atom is -0.394 e. The van der Waals surface area contributed by atoms with Gasteiger partial charge in [0, 0.05) is 30.7 Å². The second kappa shape index (κ2) is 11.3. The number of nitrogens with one attached hydrogen (secondary N) is 1. The molecule has 0 aromatic carbocycles. The first kappa shape index (κ1) is 24.8. The number of nitrogens with two attached hydrogens (primary N) is 1. The van der Waals surface area contributed by atoms with Crippen LogP contribution in [0, 0.1) is 0 Å². The van der Waals surface area contributed by atoms with E-state index in [1.807, 2.05) is 31.5 Å². The van der Waals surface area contributed by atoms with Crippen LogP contribution in [0.15, 0.2) is 30.7 Å². The molecule has 178 valence electrons. The number of hydrogen-bond acceptors (Lipinski definition) is 8. The van der Waals surface area contributed by atoms with Crippen LogP contribution in [0.1, 0.15) is 58.4 Å². The number of hydrogen-bond donors (Lipinski definition) is 3. The molecule has 0 fully saturated rings. The van der Waals surface area contributed by atoms with E-state index in [0.717, 1.165) is 49.0 Å². The molecule has 0 saturated heterocycles. The molecule has 8 heteroatoms. The third-order valence-corrected chi connectivity index (χ3v) is 5.95. The fraction of sp³-hybridized carbons (Fsp3) is 0.520. The van der Waals surface area contributed by atoms with Gasteiger partial charge < -0.3 is 21.1 Å². The highest BCUT2D eigenvalue weighted by molar-refractivity contribution is 5.89. The minimum absolute atomic E-state index is 0.0115. The fourth-order valence-corrected chi connectivity index (χ4v) is 3.94. The summed E-state index contributed by atoms with van der Waals surface area (Å²) in [6, 6.07) is 4.02. The largest absolute Gasteiger partial charge is 0.394 e. The van der Waals surface area contributed by atoms with Gasteiger partial charge in [0.05, 0.1) is 17.7 Å². The first-order valence-electron chi connectivity index (χ1n) is 11.8. The number of aliphatic hydroxyl groups excluding tert-OH is 1. The predicted octanol–water partition coefficient (Wildman–Crippen LogP) is 4.25. The Morgan fingerprint density at radius 3 is 2.67 bits per heavy atom. The van der Waals surface area contributed by atoms with Gasteiger partial charge in [-0.25, -0.2) is 4.98 Å². The molecule has 0 aliphatic carbocycles. The van der Waals surface area contributed by atoms with Crippen LogP contribution in [0.25, 0.3) is 22.2 Å². The molecule has 0 aliphatic rings. The van der Waals surface area contributed by atoms with Crippen molar-refractivity contribution in [2.24, 2.45) is 0 Å². The number of nitrogen functional groups attached to an aromatic ring is 1. The molecule has 1 atom stereocenters. The van der Waals surface area contributed by atoms with Crippen molar-refractivity contribution in [2.75, 3.05) is 31.2 Å². The molecule has 33 heavy (non-hydrogen) atoms. The second-order valence-electron chi connectivity index (χ2n) is 9.09. The second-order valence-corrected chi connectivity index (χ2v) is 9.09. The lowest BCUT2D eigenvalue weighted by Gasteiger charge is -2.29. The average molecular weight is 452 g/mol. The van der Waals surface area contributed by atoms with Gasteiger partial charge in [-0.05, 0) is 56.6 Å². The molecular formula is C25H37N7O. The molecule has 0 spiro atoms. The lowest BCUT2D eigenvalue weighted by Crippen LogP contribution is -2.39. The first-order valence-corrected chi connectivity index (χ1v) is 11.8. The first-order chi connectivity index (χ1) is 15.9. The Balaban J connectivity index is 1.96. The Morgan fingerprint density at radius 2 is 1.94 bits per heavy atom. The van der Waals surface area contributed by atoms with Crippen molar-refractivity contribution in [3.63, 3.8) is 0 Å². The third-order valence-electron chi connectivity index (χ3n) is 5.95. The van der Waals surface area contributed by atoms with E-state index in [4.69, 9.17) is 10.7 Å². The summed E-state index contributed by atoms with van der Waals surface area (Å²) in [5, 5.41) is 13.4. The van der Waals surface area contributed by atoms with Gasteiger partial charge in [-0.15, -0.1) is 0 Å². The van der Waals surface area contributed by atoms with Gasteiger partial charge in [-0.3, -0.25) is 9.97 Å². The normalized spacial score (nSPS) is 13.4. The van der Waals surface area contributed by atoms with Crippen molar-refractivity contribution >= 4 is 22.8 Å². The number of aliphatic hydroxyl groups is 1. The smallest absolute Gasteiger partial charge is 0.222 e. The van der Waals surface area contributed by atoms with E-state index in [0.29, 0.717) is 16.9 Å². The number of fused-ring (bicyclic) bond motifs is 1. The molecule has 3 aromatic heterocycles. The predicted molar refractivity (Wildman–Crippen MR) is 135 cm³/mol. The highest BCUT2D eigenvalue weighted by Gasteiger charge is 2.25. The molecule has 0 bridgehead atoms. The van der Waals surface area contributed by atoms with E-state index in [9.17, 15) is 5.11 Å². The van der Waals surface area contributed by atoms with Crippen LogP contribution in [0.5, 0.6) is 0 Å². The van der Waals surface area contributed by atoms with Crippen LogP contribution < -0.4 is 11.1 Å². The Hall–Kier alpha value is -2.84. The molecule has 3 aromatic rings. The SMILES string of the molecule is CCCCN(C)Cc1cnccc1-c1cnc2c(NC(C)(CO)CCCC)nc(N)nc2c1. The quantitative estimate of drug-likeness (QED) is 0.374. The Labute approximate surface area is 196 Å². The summed E-state index contributed by atoms with van der Waals surface area (Å²) in [4.78, 5) is 20.2. The van der Waals surface area contributed by atoms with Gasteiger partial charge in [0.2, 0.25) is 5.95 Å². The van der Waals surface area contributed by atoms with Crippen LogP contribution in [-0.4, -0.2) is 55.7 Å². The zero-order valence-corrected chi connectivity index (χ0v) is 20.3. The van der Waals surface area contributed by atoms with Crippen LogP contribution in [0.2, 0.25) is 0 Å². The molecule has 0 amide bonds. The summed E-state index contributed by atoms with van der Waals surface area (Å²) in [5.41, 5.74) is 10.0. The molecule has 1 unspecified atom stereocenters. The Bertz CT molecular complexity index is 1060. The number of rotatable bonds is 12. The lowest BCUT2D eigenvalue weighted by molar-refractivity contribution is 0.212. The number of pyridine rings is 2. The van der Waals surface area contributed by atoms with E-state index >= 15 is 0 Å². The highest BCUT2D eigenvalue weighted by Crippen LogP contribution is 2.30. The van der Waals surface area contributed by atoms with E-state index in [1.165, 1.54) is 12.8 Å². The highest BCUT2D eigenvalue weighted by atomic mass is 16.3. The zero-order valence-electron chi connectivity index (χ0n) is 20.3.